The first-order valence-electron chi connectivity index (χ1n) is 7.13. The molecule has 1 heterocycles. The Morgan fingerprint density at radius 3 is 2.59 bits per heavy atom. The average Bonchev–Trinajstić information content (AvgIpc) is 2.25. The predicted molar refractivity (Wildman–Crippen MR) is 76.3 cm³/mol. The molecule has 2 nitrogen and oxygen atoms in total. The van der Waals surface area contributed by atoms with Gasteiger partial charge in [0.2, 0.25) is 0 Å². The zero-order chi connectivity index (χ0) is 12.8. The Bertz CT molecular complexity index is 223. The predicted octanol–water partition coefficient (Wildman–Crippen LogP) is 2.91. The lowest BCUT2D eigenvalue weighted by atomic mass is 9.95. The van der Waals surface area contributed by atoms with Crippen molar-refractivity contribution < 1.29 is 0 Å². The van der Waals surface area contributed by atoms with Crippen molar-refractivity contribution in [2.45, 2.75) is 52.6 Å². The summed E-state index contributed by atoms with van der Waals surface area (Å²) < 4.78 is 0. The van der Waals surface area contributed by atoms with Gasteiger partial charge < -0.3 is 5.32 Å². The number of nitrogens with one attached hydrogen (secondary N) is 1. The van der Waals surface area contributed by atoms with Crippen molar-refractivity contribution in [1.82, 2.24) is 10.2 Å². The van der Waals surface area contributed by atoms with Crippen molar-refractivity contribution in [3.63, 3.8) is 0 Å². The van der Waals surface area contributed by atoms with Gasteiger partial charge in [-0.2, -0.15) is 0 Å². The first-order valence-corrected chi connectivity index (χ1v) is 7.13. The molecule has 0 amide bonds. The Hall–Kier alpha value is -0.340. The molecule has 0 radical (unpaired) electrons. The molecule has 0 aromatic rings. The van der Waals surface area contributed by atoms with Crippen LogP contribution in [0.2, 0.25) is 0 Å². The van der Waals surface area contributed by atoms with E-state index in [9.17, 15) is 0 Å². The van der Waals surface area contributed by atoms with E-state index < -0.39 is 0 Å². The van der Waals surface area contributed by atoms with Gasteiger partial charge in [-0.05, 0) is 24.7 Å². The molecule has 100 valence electrons. The number of piperazine rings is 1. The lowest BCUT2D eigenvalue weighted by Crippen LogP contribution is -2.58. The Morgan fingerprint density at radius 2 is 2.06 bits per heavy atom. The van der Waals surface area contributed by atoms with Crippen LogP contribution in [0, 0.1) is 11.8 Å². The van der Waals surface area contributed by atoms with Gasteiger partial charge in [0.25, 0.3) is 0 Å². The number of rotatable bonds is 6. The Kier molecular flexibility index (Phi) is 6.21. The highest BCUT2D eigenvalue weighted by atomic mass is 15.2. The zero-order valence-electron chi connectivity index (χ0n) is 12.1. The third kappa shape index (κ3) is 4.81. The van der Waals surface area contributed by atoms with Crippen LogP contribution in [0.1, 0.15) is 40.5 Å². The fourth-order valence-corrected chi connectivity index (χ4v) is 2.80. The first-order chi connectivity index (χ1) is 8.04. The maximum Gasteiger partial charge on any atom is 0.0244 e. The Balaban J connectivity index is 2.53. The molecule has 0 spiro atoms. The second-order valence-corrected chi connectivity index (χ2v) is 6.12. The van der Waals surface area contributed by atoms with Crippen molar-refractivity contribution in [2.24, 2.45) is 11.8 Å². The third-order valence-electron chi connectivity index (χ3n) is 3.69. The van der Waals surface area contributed by atoms with Crippen LogP contribution in [0.25, 0.3) is 0 Å². The summed E-state index contributed by atoms with van der Waals surface area (Å²) in [5, 5.41) is 3.72. The molecular weight excluding hydrogens is 208 g/mol. The molecule has 0 aromatic heterocycles. The van der Waals surface area contributed by atoms with Crippen molar-refractivity contribution in [1.29, 1.82) is 0 Å². The van der Waals surface area contributed by atoms with Crippen molar-refractivity contribution in [3.05, 3.63) is 12.7 Å². The summed E-state index contributed by atoms with van der Waals surface area (Å²) in [7, 11) is 0. The molecule has 0 bridgehead atoms. The van der Waals surface area contributed by atoms with Crippen LogP contribution in [0.4, 0.5) is 0 Å². The lowest BCUT2D eigenvalue weighted by molar-refractivity contribution is 0.0941. The van der Waals surface area contributed by atoms with Crippen LogP contribution in [-0.4, -0.2) is 36.6 Å². The minimum Gasteiger partial charge on any atom is -0.311 e. The van der Waals surface area contributed by atoms with Crippen LogP contribution in [0.15, 0.2) is 12.7 Å². The standard InChI is InChI=1S/C15H30N2/c1-6-7-8-17-11-14(9-12(2)3)16-10-15(17)13(4)5/h6,12-16H,1,7-11H2,2-5H3. The highest BCUT2D eigenvalue weighted by molar-refractivity contribution is 4.89. The van der Waals surface area contributed by atoms with Crippen molar-refractivity contribution >= 4 is 0 Å². The Morgan fingerprint density at radius 1 is 1.35 bits per heavy atom. The summed E-state index contributed by atoms with van der Waals surface area (Å²) in [6.45, 7) is 16.6. The topological polar surface area (TPSA) is 15.3 Å². The van der Waals surface area contributed by atoms with Gasteiger partial charge in [0.15, 0.2) is 0 Å². The normalized spacial score (nSPS) is 26.7. The van der Waals surface area contributed by atoms with Gasteiger partial charge in [-0.15, -0.1) is 6.58 Å². The molecule has 1 saturated heterocycles. The number of hydrogen-bond acceptors (Lipinski definition) is 2. The van der Waals surface area contributed by atoms with E-state index in [1.807, 2.05) is 6.08 Å². The lowest BCUT2D eigenvalue weighted by Gasteiger charge is -2.43. The molecule has 0 aliphatic carbocycles. The summed E-state index contributed by atoms with van der Waals surface area (Å²) >= 11 is 0. The summed E-state index contributed by atoms with van der Waals surface area (Å²) in [4.78, 5) is 2.66. The molecule has 1 aliphatic rings. The van der Waals surface area contributed by atoms with Gasteiger partial charge in [-0.1, -0.05) is 33.8 Å². The van der Waals surface area contributed by atoms with Gasteiger partial charge in [0.05, 0.1) is 0 Å². The zero-order valence-corrected chi connectivity index (χ0v) is 12.1. The summed E-state index contributed by atoms with van der Waals surface area (Å²) in [5.41, 5.74) is 0. The van der Waals surface area contributed by atoms with Crippen LogP contribution >= 0.6 is 0 Å². The maximum absolute atomic E-state index is 3.84. The number of nitrogens with zero attached hydrogens (tertiary/aromatic N) is 1. The molecule has 17 heavy (non-hydrogen) atoms. The molecule has 0 saturated carbocycles. The van der Waals surface area contributed by atoms with Crippen molar-refractivity contribution in [2.75, 3.05) is 19.6 Å². The van der Waals surface area contributed by atoms with Crippen LogP contribution in [0.3, 0.4) is 0 Å². The molecule has 0 aromatic carbocycles. The Labute approximate surface area is 107 Å². The second kappa shape index (κ2) is 7.17. The molecular formula is C15H30N2. The molecule has 2 unspecified atom stereocenters. The average molecular weight is 238 g/mol. The van der Waals surface area contributed by atoms with E-state index in [1.54, 1.807) is 0 Å². The van der Waals surface area contributed by atoms with E-state index in [0.717, 1.165) is 24.8 Å². The fourth-order valence-electron chi connectivity index (χ4n) is 2.80. The fraction of sp³-hybridized carbons (Fsp3) is 0.867. The third-order valence-corrected chi connectivity index (χ3v) is 3.69. The minimum atomic E-state index is 0.676. The quantitative estimate of drug-likeness (QED) is 0.716. The largest absolute Gasteiger partial charge is 0.311 e. The van der Waals surface area contributed by atoms with E-state index in [1.165, 1.54) is 19.5 Å². The summed E-state index contributed by atoms with van der Waals surface area (Å²) in [6, 6.07) is 1.37. The van der Waals surface area contributed by atoms with Gasteiger partial charge in [-0.25, -0.2) is 0 Å². The molecule has 2 heteroatoms. The molecule has 1 N–H and O–H groups in total. The summed E-state index contributed by atoms with van der Waals surface area (Å²) in [5.74, 6) is 1.51. The van der Waals surface area contributed by atoms with Crippen LogP contribution in [-0.2, 0) is 0 Å². The highest BCUT2D eigenvalue weighted by Gasteiger charge is 2.29. The molecule has 1 rings (SSSR count). The van der Waals surface area contributed by atoms with Gasteiger partial charge in [0.1, 0.15) is 0 Å². The number of hydrogen-bond donors (Lipinski definition) is 1. The van der Waals surface area contributed by atoms with E-state index in [0.29, 0.717) is 12.1 Å². The molecule has 1 aliphatic heterocycles. The van der Waals surface area contributed by atoms with Crippen LogP contribution < -0.4 is 5.32 Å². The monoisotopic (exact) mass is 238 g/mol. The second-order valence-electron chi connectivity index (χ2n) is 6.12. The van der Waals surface area contributed by atoms with E-state index >= 15 is 0 Å². The SMILES string of the molecule is C=CCCN1CC(CC(C)C)NCC1C(C)C. The maximum atomic E-state index is 3.84. The summed E-state index contributed by atoms with van der Waals surface area (Å²) in [6.07, 6.45) is 4.43. The van der Waals surface area contributed by atoms with Crippen molar-refractivity contribution in [3.8, 4) is 0 Å². The minimum absolute atomic E-state index is 0.676. The van der Waals surface area contributed by atoms with E-state index in [-0.39, 0.29) is 0 Å². The van der Waals surface area contributed by atoms with Gasteiger partial charge in [-0.3, -0.25) is 4.90 Å². The highest BCUT2D eigenvalue weighted by Crippen LogP contribution is 2.18. The van der Waals surface area contributed by atoms with E-state index in [4.69, 9.17) is 0 Å². The smallest absolute Gasteiger partial charge is 0.0244 e. The molecule has 2 atom stereocenters. The molecule has 1 fully saturated rings. The first kappa shape index (κ1) is 14.7. The van der Waals surface area contributed by atoms with Gasteiger partial charge >= 0.3 is 0 Å². The van der Waals surface area contributed by atoms with Gasteiger partial charge in [0, 0.05) is 31.7 Å². The van der Waals surface area contributed by atoms with E-state index in [2.05, 4.69) is 44.5 Å². The van der Waals surface area contributed by atoms with Crippen LogP contribution in [0.5, 0.6) is 0 Å².